The van der Waals surface area contributed by atoms with Crippen molar-refractivity contribution in [1.29, 1.82) is 0 Å². The van der Waals surface area contributed by atoms with Crippen LogP contribution in [-0.4, -0.2) is 32.6 Å². The molecule has 1 aromatic heterocycles. The minimum atomic E-state index is -0.772. The number of anilines is 2. The Balaban J connectivity index is 1.39. The first-order chi connectivity index (χ1) is 18.8. The van der Waals surface area contributed by atoms with Crippen molar-refractivity contribution in [3.63, 3.8) is 0 Å². The summed E-state index contributed by atoms with van der Waals surface area (Å²) in [6.45, 7) is -0.263. The third-order valence-electron chi connectivity index (χ3n) is 6.75. The molecule has 3 unspecified atom stereocenters. The molecule has 3 aromatic carbocycles. The van der Waals surface area contributed by atoms with Crippen LogP contribution in [-0.2, 0) is 20.9 Å². The van der Waals surface area contributed by atoms with E-state index in [0.29, 0.717) is 26.3 Å². The largest absolute Gasteiger partial charge is 0.508 e. The molecule has 2 aliphatic rings. The van der Waals surface area contributed by atoms with E-state index < -0.39 is 23.0 Å². The number of thioether (sulfide) groups is 1. The summed E-state index contributed by atoms with van der Waals surface area (Å²) in [6, 6.07) is 21.9. The molecule has 3 heterocycles. The summed E-state index contributed by atoms with van der Waals surface area (Å²) in [5.41, 5.74) is 1.72. The van der Waals surface area contributed by atoms with Gasteiger partial charge in [-0.2, -0.15) is 0 Å². The molecule has 0 bridgehead atoms. The molecule has 4 aromatic rings. The molecule has 39 heavy (non-hydrogen) atoms. The van der Waals surface area contributed by atoms with Crippen molar-refractivity contribution in [1.82, 2.24) is 4.57 Å². The second-order valence-electron chi connectivity index (χ2n) is 9.16. The van der Waals surface area contributed by atoms with Gasteiger partial charge >= 0.3 is 4.87 Å². The zero-order valence-corrected chi connectivity index (χ0v) is 22.5. The van der Waals surface area contributed by atoms with Crippen LogP contribution >= 0.6 is 34.7 Å². The van der Waals surface area contributed by atoms with Gasteiger partial charge in [0, 0.05) is 21.5 Å². The van der Waals surface area contributed by atoms with E-state index in [-0.39, 0.29) is 29.0 Å². The van der Waals surface area contributed by atoms with Crippen LogP contribution in [0, 0.1) is 5.92 Å². The molecular formula is C28H20ClN3O5S2. The van der Waals surface area contributed by atoms with Gasteiger partial charge in [0.15, 0.2) is 0 Å². The first kappa shape index (κ1) is 25.4. The van der Waals surface area contributed by atoms with E-state index in [2.05, 4.69) is 5.32 Å². The smallest absolute Gasteiger partial charge is 0.308 e. The highest BCUT2D eigenvalue weighted by Gasteiger charge is 2.56. The van der Waals surface area contributed by atoms with Crippen LogP contribution in [0.25, 0.3) is 0 Å². The van der Waals surface area contributed by atoms with Gasteiger partial charge in [0.1, 0.15) is 17.5 Å². The minimum absolute atomic E-state index is 0.0671. The number of hydrogen-bond acceptors (Lipinski definition) is 7. The van der Waals surface area contributed by atoms with E-state index in [0.717, 1.165) is 28.7 Å². The quantitative estimate of drug-likeness (QED) is 0.263. The highest BCUT2D eigenvalue weighted by molar-refractivity contribution is 8.00. The molecule has 0 saturated carbocycles. The molecule has 3 amide bonds. The van der Waals surface area contributed by atoms with Gasteiger partial charge in [0.25, 0.3) is 0 Å². The number of phenolic OH excluding ortho intramolecular Hbond substituents is 1. The zero-order valence-electron chi connectivity index (χ0n) is 20.1. The van der Waals surface area contributed by atoms with Crippen molar-refractivity contribution >= 4 is 63.8 Å². The Labute approximate surface area is 235 Å². The van der Waals surface area contributed by atoms with Crippen LogP contribution < -0.4 is 15.1 Å². The van der Waals surface area contributed by atoms with Crippen LogP contribution in [0.15, 0.2) is 88.7 Å². The number of phenols is 1. The summed E-state index contributed by atoms with van der Waals surface area (Å²) in [5.74, 6) is -2.32. The molecule has 1 fully saturated rings. The summed E-state index contributed by atoms with van der Waals surface area (Å²) in [7, 11) is 0. The predicted octanol–water partition coefficient (Wildman–Crippen LogP) is 4.70. The number of rotatable bonds is 5. The van der Waals surface area contributed by atoms with E-state index in [1.165, 1.54) is 21.6 Å². The fourth-order valence-corrected chi connectivity index (χ4v) is 7.91. The predicted molar refractivity (Wildman–Crippen MR) is 151 cm³/mol. The molecule has 196 valence electrons. The molecule has 2 N–H and O–H groups in total. The fourth-order valence-electron chi connectivity index (χ4n) is 5.01. The third-order valence-corrected chi connectivity index (χ3v) is 9.60. The van der Waals surface area contributed by atoms with Crippen LogP contribution in [0.3, 0.4) is 0 Å². The Morgan fingerprint density at radius 1 is 0.923 bits per heavy atom. The van der Waals surface area contributed by atoms with Gasteiger partial charge in [-0.25, -0.2) is 4.90 Å². The van der Waals surface area contributed by atoms with Gasteiger partial charge in [-0.1, -0.05) is 65.0 Å². The number of halogens is 1. The maximum absolute atomic E-state index is 13.8. The van der Waals surface area contributed by atoms with Crippen molar-refractivity contribution in [2.45, 2.75) is 22.7 Å². The number of aromatic hydroxyl groups is 1. The topological polar surface area (TPSA) is 109 Å². The molecule has 0 spiro atoms. The van der Waals surface area contributed by atoms with Gasteiger partial charge < -0.3 is 10.4 Å². The highest BCUT2D eigenvalue weighted by Crippen LogP contribution is 2.53. The Morgan fingerprint density at radius 3 is 2.31 bits per heavy atom. The number of benzene rings is 3. The minimum Gasteiger partial charge on any atom is -0.508 e. The Kier molecular flexibility index (Phi) is 6.54. The number of imide groups is 1. The summed E-state index contributed by atoms with van der Waals surface area (Å²) >= 11 is 8.18. The van der Waals surface area contributed by atoms with Gasteiger partial charge in [-0.15, -0.1) is 0 Å². The molecule has 2 aliphatic heterocycles. The lowest BCUT2D eigenvalue weighted by Gasteiger charge is -2.30. The van der Waals surface area contributed by atoms with Crippen molar-refractivity contribution in [2.24, 2.45) is 5.92 Å². The number of carbonyl (C=O) groups excluding carboxylic acids is 3. The molecule has 0 radical (unpaired) electrons. The maximum Gasteiger partial charge on any atom is 0.308 e. The normalized spacial score (nSPS) is 20.0. The number of carbonyl (C=O) groups is 3. The number of hydrogen-bond donors (Lipinski definition) is 2. The zero-order chi connectivity index (χ0) is 27.3. The summed E-state index contributed by atoms with van der Waals surface area (Å²) in [4.78, 5) is 55.1. The summed E-state index contributed by atoms with van der Waals surface area (Å²) in [6.07, 6.45) is 0. The van der Waals surface area contributed by atoms with E-state index in [4.69, 9.17) is 11.6 Å². The molecule has 8 nitrogen and oxygen atoms in total. The van der Waals surface area contributed by atoms with E-state index in [1.54, 1.807) is 36.4 Å². The van der Waals surface area contributed by atoms with Gasteiger partial charge in [0.05, 0.1) is 16.6 Å². The molecule has 6 rings (SSSR count). The van der Waals surface area contributed by atoms with Crippen LogP contribution in [0.1, 0.15) is 16.4 Å². The van der Waals surface area contributed by atoms with Crippen LogP contribution in [0.5, 0.6) is 5.75 Å². The number of aromatic nitrogens is 1. The summed E-state index contributed by atoms with van der Waals surface area (Å²) in [5, 5.41) is 12.4. The Hall–Kier alpha value is -3.86. The van der Waals surface area contributed by atoms with Gasteiger partial charge in [-0.05, 0) is 54.1 Å². The number of nitrogens with one attached hydrogen (secondary N) is 1. The number of nitrogens with zero attached hydrogens (tertiary/aromatic N) is 2. The van der Waals surface area contributed by atoms with Crippen LogP contribution in [0.4, 0.5) is 11.4 Å². The molecule has 11 heteroatoms. The van der Waals surface area contributed by atoms with Crippen molar-refractivity contribution < 1.29 is 19.5 Å². The molecular weight excluding hydrogens is 558 g/mol. The van der Waals surface area contributed by atoms with Crippen molar-refractivity contribution in [3.05, 3.63) is 104 Å². The van der Waals surface area contributed by atoms with E-state index in [9.17, 15) is 24.3 Å². The SMILES string of the molecule is O=C(Cn1c2c(sc1=O)C(c1ccccc1)C1C(=O)N(c3ccc(Cl)cc3)C(=O)C1S2)Nc1ccc(O)cc1. The first-order valence-corrected chi connectivity index (χ1v) is 14.1. The lowest BCUT2D eigenvalue weighted by atomic mass is 9.83. The third kappa shape index (κ3) is 4.54. The van der Waals surface area contributed by atoms with Crippen molar-refractivity contribution in [3.8, 4) is 5.75 Å². The molecule has 0 aliphatic carbocycles. The number of thiazole rings is 1. The van der Waals surface area contributed by atoms with Crippen molar-refractivity contribution in [2.75, 3.05) is 10.2 Å². The van der Waals surface area contributed by atoms with Gasteiger partial charge in [0.2, 0.25) is 17.7 Å². The lowest BCUT2D eigenvalue weighted by Crippen LogP contribution is -2.33. The monoisotopic (exact) mass is 577 g/mol. The Morgan fingerprint density at radius 2 is 1.62 bits per heavy atom. The standard InChI is InChI=1S/C28H20ClN3O5S2/c29-16-6-10-18(11-7-16)32-25(35)22-21(15-4-2-1-3-5-15)24-27(38-23(22)26(32)36)31(28(37)39-24)14-20(34)30-17-8-12-19(33)13-9-17/h1-13,21-23,33H,14H2,(H,30,34). The van der Waals surface area contributed by atoms with Crippen LogP contribution in [0.2, 0.25) is 5.02 Å². The average molecular weight is 578 g/mol. The summed E-state index contributed by atoms with van der Waals surface area (Å²) < 4.78 is 1.37. The second-order valence-corrected chi connectivity index (χ2v) is 11.7. The average Bonchev–Trinajstić information content (AvgIpc) is 3.37. The van der Waals surface area contributed by atoms with E-state index in [1.807, 2.05) is 30.3 Å². The number of amides is 3. The van der Waals surface area contributed by atoms with E-state index >= 15 is 0 Å². The molecule has 1 saturated heterocycles. The molecule has 3 atom stereocenters. The van der Waals surface area contributed by atoms with Gasteiger partial charge in [-0.3, -0.25) is 23.7 Å². The Bertz CT molecular complexity index is 1650. The lowest BCUT2D eigenvalue weighted by molar-refractivity contribution is -0.122. The second kappa shape index (κ2) is 10.0. The first-order valence-electron chi connectivity index (χ1n) is 12.0. The highest BCUT2D eigenvalue weighted by atomic mass is 35.5. The fraction of sp³-hybridized carbons (Fsp3) is 0.143. The maximum atomic E-state index is 13.8. The number of fused-ring (bicyclic) bond motifs is 2.